The number of aliphatic hydroxyl groups is 3. The molecule has 0 aromatic rings. The molecule has 1 saturated heterocycles. The molecule has 0 aromatic heterocycles. The zero-order valence-corrected chi connectivity index (χ0v) is 6.46. The second-order valence-corrected chi connectivity index (χ2v) is 2.74. The van der Waals surface area contributed by atoms with E-state index in [2.05, 4.69) is 4.84 Å². The van der Waals surface area contributed by atoms with E-state index >= 15 is 0 Å². The van der Waals surface area contributed by atoms with E-state index in [4.69, 9.17) is 15.7 Å². The molecule has 1 aliphatic rings. The first-order valence-corrected chi connectivity index (χ1v) is 3.67. The maximum Gasteiger partial charge on any atom is 0.205 e. The van der Waals surface area contributed by atoms with Crippen LogP contribution in [0.3, 0.4) is 0 Å². The van der Waals surface area contributed by atoms with Crippen LogP contribution in [0.5, 0.6) is 0 Å². The maximum absolute atomic E-state index is 9.20. The van der Waals surface area contributed by atoms with Crippen LogP contribution in [0.25, 0.3) is 0 Å². The van der Waals surface area contributed by atoms with E-state index in [9.17, 15) is 10.2 Å². The Hall–Kier alpha value is -0.240. The third kappa shape index (κ3) is 1.92. The van der Waals surface area contributed by atoms with Crippen LogP contribution in [0.15, 0.2) is 0 Å². The van der Waals surface area contributed by atoms with Gasteiger partial charge in [0.2, 0.25) is 6.29 Å². The molecule has 0 amide bonds. The van der Waals surface area contributed by atoms with Gasteiger partial charge in [0.25, 0.3) is 0 Å². The van der Waals surface area contributed by atoms with Crippen molar-refractivity contribution < 1.29 is 24.9 Å². The number of hydrogen-bond acceptors (Lipinski definition) is 6. The van der Waals surface area contributed by atoms with Crippen LogP contribution in [0.4, 0.5) is 0 Å². The van der Waals surface area contributed by atoms with Crippen molar-refractivity contribution in [2.45, 2.75) is 31.0 Å². The fraction of sp³-hybridized carbons (Fsp3) is 1.00. The lowest BCUT2D eigenvalue weighted by Crippen LogP contribution is -2.51. The van der Waals surface area contributed by atoms with Crippen LogP contribution in [0.1, 0.15) is 6.42 Å². The molecule has 4 unspecified atom stereocenters. The van der Waals surface area contributed by atoms with Gasteiger partial charge in [-0.2, -0.15) is 0 Å². The summed E-state index contributed by atoms with van der Waals surface area (Å²) in [5.41, 5.74) is 0. The third-order valence-corrected chi connectivity index (χ3v) is 1.84. The van der Waals surface area contributed by atoms with Crippen LogP contribution in [0.2, 0.25) is 0 Å². The van der Waals surface area contributed by atoms with Gasteiger partial charge in [0.15, 0.2) is 0 Å². The fourth-order valence-electron chi connectivity index (χ4n) is 1.15. The Morgan fingerprint density at radius 1 is 1.50 bits per heavy atom. The van der Waals surface area contributed by atoms with Crippen molar-refractivity contribution in [1.82, 2.24) is 0 Å². The molecular formula is C6H13NO5. The van der Waals surface area contributed by atoms with Gasteiger partial charge in [-0.1, -0.05) is 0 Å². The summed E-state index contributed by atoms with van der Waals surface area (Å²) in [6.07, 6.45) is -3.54. The summed E-state index contributed by atoms with van der Waals surface area (Å²) in [7, 11) is 0. The van der Waals surface area contributed by atoms with Gasteiger partial charge in [-0.05, 0) is 0 Å². The number of nitrogens with two attached hydrogens (primary N) is 1. The molecule has 6 heteroatoms. The zero-order valence-electron chi connectivity index (χ0n) is 6.46. The van der Waals surface area contributed by atoms with E-state index < -0.39 is 24.6 Å². The molecule has 1 aliphatic heterocycles. The SMILES string of the molecule is NOC1OC(CO)CC(O)C1O. The highest BCUT2D eigenvalue weighted by molar-refractivity contribution is 4.80. The van der Waals surface area contributed by atoms with Crippen LogP contribution in [-0.4, -0.2) is 46.5 Å². The van der Waals surface area contributed by atoms with Crippen molar-refractivity contribution in [2.75, 3.05) is 6.61 Å². The van der Waals surface area contributed by atoms with Crippen LogP contribution >= 0.6 is 0 Å². The molecule has 5 N–H and O–H groups in total. The summed E-state index contributed by atoms with van der Waals surface area (Å²) in [5, 5.41) is 27.1. The van der Waals surface area contributed by atoms with Crippen LogP contribution < -0.4 is 5.90 Å². The molecular weight excluding hydrogens is 166 g/mol. The van der Waals surface area contributed by atoms with E-state index in [1.54, 1.807) is 0 Å². The molecule has 12 heavy (non-hydrogen) atoms. The monoisotopic (exact) mass is 179 g/mol. The second-order valence-electron chi connectivity index (χ2n) is 2.74. The molecule has 6 nitrogen and oxygen atoms in total. The zero-order chi connectivity index (χ0) is 9.14. The number of ether oxygens (including phenoxy) is 1. The highest BCUT2D eigenvalue weighted by Gasteiger charge is 2.36. The van der Waals surface area contributed by atoms with Gasteiger partial charge in [-0.25, -0.2) is 5.90 Å². The van der Waals surface area contributed by atoms with Gasteiger partial charge in [-0.15, -0.1) is 0 Å². The Morgan fingerprint density at radius 2 is 2.17 bits per heavy atom. The lowest BCUT2D eigenvalue weighted by molar-refractivity contribution is -0.273. The van der Waals surface area contributed by atoms with Gasteiger partial charge < -0.3 is 20.1 Å². The predicted octanol–water partition coefficient (Wildman–Crippen LogP) is -2.29. The number of hydrogen-bond donors (Lipinski definition) is 4. The van der Waals surface area contributed by atoms with Gasteiger partial charge >= 0.3 is 0 Å². The van der Waals surface area contributed by atoms with Crippen LogP contribution in [0, 0.1) is 0 Å². The van der Waals surface area contributed by atoms with E-state index in [1.165, 1.54) is 0 Å². The van der Waals surface area contributed by atoms with Crippen molar-refractivity contribution in [3.8, 4) is 0 Å². The Bertz CT molecular complexity index is 144. The van der Waals surface area contributed by atoms with Crippen molar-refractivity contribution in [2.24, 2.45) is 5.90 Å². The molecule has 0 aromatic carbocycles. The summed E-state index contributed by atoms with van der Waals surface area (Å²) in [6.45, 7) is -0.232. The quantitative estimate of drug-likeness (QED) is 0.355. The highest BCUT2D eigenvalue weighted by Crippen LogP contribution is 2.19. The van der Waals surface area contributed by atoms with Crippen molar-refractivity contribution in [3.63, 3.8) is 0 Å². The molecule has 1 rings (SSSR count). The minimum atomic E-state index is -1.15. The highest BCUT2D eigenvalue weighted by atomic mass is 16.8. The summed E-state index contributed by atoms with van der Waals surface area (Å²) in [4.78, 5) is 4.26. The Morgan fingerprint density at radius 3 is 2.67 bits per heavy atom. The summed E-state index contributed by atoms with van der Waals surface area (Å²) >= 11 is 0. The molecule has 4 atom stereocenters. The molecule has 0 aliphatic carbocycles. The van der Waals surface area contributed by atoms with Gasteiger partial charge in [-0.3, -0.25) is 4.84 Å². The van der Waals surface area contributed by atoms with E-state index in [0.29, 0.717) is 0 Å². The number of aliphatic hydroxyl groups excluding tert-OH is 3. The topological polar surface area (TPSA) is 105 Å². The normalized spacial score (nSPS) is 43.0. The van der Waals surface area contributed by atoms with Crippen molar-refractivity contribution >= 4 is 0 Å². The minimum absolute atomic E-state index is 0.178. The first-order chi connectivity index (χ1) is 5.69. The van der Waals surface area contributed by atoms with Gasteiger partial charge in [0.1, 0.15) is 6.10 Å². The number of rotatable bonds is 2. The predicted molar refractivity (Wildman–Crippen MR) is 37.6 cm³/mol. The molecule has 0 saturated carbocycles. The average Bonchev–Trinajstić information content (AvgIpc) is 2.09. The molecule has 72 valence electrons. The first kappa shape index (κ1) is 9.85. The smallest absolute Gasteiger partial charge is 0.205 e. The third-order valence-electron chi connectivity index (χ3n) is 1.84. The van der Waals surface area contributed by atoms with Crippen molar-refractivity contribution in [3.05, 3.63) is 0 Å². The van der Waals surface area contributed by atoms with E-state index in [-0.39, 0.29) is 13.0 Å². The lowest BCUT2D eigenvalue weighted by atomic mass is 10.0. The molecule has 1 fully saturated rings. The summed E-state index contributed by atoms with van der Waals surface area (Å²) in [5.74, 6) is 4.80. The van der Waals surface area contributed by atoms with Gasteiger partial charge in [0.05, 0.1) is 18.8 Å². The summed E-state index contributed by atoms with van der Waals surface area (Å²) < 4.78 is 4.96. The Balaban J connectivity index is 2.52. The van der Waals surface area contributed by atoms with E-state index in [0.717, 1.165) is 0 Å². The van der Waals surface area contributed by atoms with Crippen LogP contribution in [-0.2, 0) is 9.57 Å². The fourth-order valence-corrected chi connectivity index (χ4v) is 1.15. The largest absolute Gasteiger partial charge is 0.394 e. The Kier molecular flexibility index (Phi) is 3.39. The first-order valence-electron chi connectivity index (χ1n) is 3.67. The average molecular weight is 179 g/mol. The van der Waals surface area contributed by atoms with E-state index in [1.807, 2.05) is 0 Å². The molecule has 0 radical (unpaired) electrons. The molecule has 0 spiro atoms. The second kappa shape index (κ2) is 4.13. The standard InChI is InChI=1S/C6H13NO5/c7-12-6-5(10)4(9)1-3(2-8)11-6/h3-6,8-10H,1-2,7H2. The maximum atomic E-state index is 9.20. The molecule has 0 bridgehead atoms. The Labute approximate surface area is 69.5 Å². The lowest BCUT2D eigenvalue weighted by Gasteiger charge is -2.34. The van der Waals surface area contributed by atoms with Gasteiger partial charge in [0, 0.05) is 6.42 Å². The molecule has 1 heterocycles. The minimum Gasteiger partial charge on any atom is -0.394 e. The summed E-state index contributed by atoms with van der Waals surface area (Å²) in [6, 6.07) is 0. The van der Waals surface area contributed by atoms with Crippen molar-refractivity contribution in [1.29, 1.82) is 0 Å².